The third kappa shape index (κ3) is 4.10. The van der Waals surface area contributed by atoms with Crippen LogP contribution in [0.2, 0.25) is 0 Å². The molecule has 0 atom stereocenters. The summed E-state index contributed by atoms with van der Waals surface area (Å²) in [6, 6.07) is 10.2. The molecule has 2 aromatic carbocycles. The molecular formula is C17H15NO6. The number of carboxylic acid groups (broad SMARTS) is 1. The molecule has 0 radical (unpaired) electrons. The van der Waals surface area contributed by atoms with Crippen LogP contribution in [-0.2, 0) is 4.79 Å². The Morgan fingerprint density at radius 3 is 2.38 bits per heavy atom. The molecule has 0 aliphatic rings. The van der Waals surface area contributed by atoms with E-state index in [2.05, 4.69) is 5.32 Å². The quantitative estimate of drug-likeness (QED) is 0.646. The van der Waals surface area contributed by atoms with E-state index in [1.165, 1.54) is 50.4 Å². The number of aromatic carboxylic acids is 1. The number of ether oxygens (including phenoxy) is 2. The topological polar surface area (TPSA) is 102 Å². The van der Waals surface area contributed by atoms with Crippen LogP contribution in [0.1, 0.15) is 27.6 Å². The summed E-state index contributed by atoms with van der Waals surface area (Å²) in [5.74, 6) is -1.61. The second kappa shape index (κ2) is 7.28. The summed E-state index contributed by atoms with van der Waals surface area (Å²) in [5, 5.41) is 11.6. The number of benzene rings is 2. The van der Waals surface area contributed by atoms with E-state index in [0.717, 1.165) is 0 Å². The van der Waals surface area contributed by atoms with Gasteiger partial charge in [-0.25, -0.2) is 4.79 Å². The predicted octanol–water partition coefficient (Wildman–Crippen LogP) is 2.57. The highest BCUT2D eigenvalue weighted by Crippen LogP contribution is 2.28. The zero-order chi connectivity index (χ0) is 17.7. The van der Waals surface area contributed by atoms with Gasteiger partial charge >= 0.3 is 11.9 Å². The molecule has 1 amide bonds. The molecule has 0 spiro atoms. The number of anilines is 1. The Kier molecular flexibility index (Phi) is 5.16. The number of carbonyl (C=O) groups excluding carboxylic acids is 2. The molecule has 2 rings (SSSR count). The second-order valence-electron chi connectivity index (χ2n) is 4.80. The standard InChI is InChI=1S/C17H15NO6/c1-10(19)24-14-7-6-11(9-15(14)23-2)16(20)18-13-5-3-4-12(8-13)17(21)22/h3-9H,1-2H3,(H,18,20)(H,21,22). The van der Waals surface area contributed by atoms with Crippen LogP contribution in [-0.4, -0.2) is 30.1 Å². The molecule has 7 nitrogen and oxygen atoms in total. The molecule has 0 aromatic heterocycles. The van der Waals surface area contributed by atoms with Crippen molar-refractivity contribution in [3.05, 3.63) is 53.6 Å². The fourth-order valence-corrected chi connectivity index (χ4v) is 1.98. The lowest BCUT2D eigenvalue weighted by Gasteiger charge is -2.10. The van der Waals surface area contributed by atoms with E-state index >= 15 is 0 Å². The van der Waals surface area contributed by atoms with Crippen LogP contribution in [0, 0.1) is 0 Å². The smallest absolute Gasteiger partial charge is 0.335 e. The first-order valence-electron chi connectivity index (χ1n) is 6.92. The largest absolute Gasteiger partial charge is 0.493 e. The summed E-state index contributed by atoms with van der Waals surface area (Å²) in [7, 11) is 1.39. The monoisotopic (exact) mass is 329 g/mol. The van der Waals surface area contributed by atoms with E-state index in [9.17, 15) is 14.4 Å². The molecule has 124 valence electrons. The minimum Gasteiger partial charge on any atom is -0.493 e. The number of carbonyl (C=O) groups is 3. The summed E-state index contributed by atoms with van der Waals surface area (Å²) >= 11 is 0. The average molecular weight is 329 g/mol. The number of amides is 1. The second-order valence-corrected chi connectivity index (χ2v) is 4.80. The van der Waals surface area contributed by atoms with E-state index in [1.807, 2.05) is 0 Å². The Balaban J connectivity index is 2.22. The molecule has 7 heteroatoms. The van der Waals surface area contributed by atoms with Gasteiger partial charge in [-0.3, -0.25) is 9.59 Å². The molecule has 0 saturated heterocycles. The fourth-order valence-electron chi connectivity index (χ4n) is 1.98. The summed E-state index contributed by atoms with van der Waals surface area (Å²) in [4.78, 5) is 34.2. The zero-order valence-electron chi connectivity index (χ0n) is 13.0. The van der Waals surface area contributed by atoms with E-state index in [-0.39, 0.29) is 22.6 Å². The van der Waals surface area contributed by atoms with Crippen LogP contribution in [0.15, 0.2) is 42.5 Å². The summed E-state index contributed by atoms with van der Waals surface area (Å²) in [6.45, 7) is 1.26. The van der Waals surface area contributed by atoms with Gasteiger partial charge in [0.05, 0.1) is 12.7 Å². The van der Waals surface area contributed by atoms with Crippen LogP contribution in [0.5, 0.6) is 11.5 Å². The first kappa shape index (κ1) is 17.0. The molecule has 2 aromatic rings. The first-order valence-corrected chi connectivity index (χ1v) is 6.92. The van der Waals surface area contributed by atoms with Gasteiger partial charge in [0.25, 0.3) is 5.91 Å². The Hall–Kier alpha value is -3.35. The average Bonchev–Trinajstić information content (AvgIpc) is 2.54. The van der Waals surface area contributed by atoms with Crippen molar-refractivity contribution < 1.29 is 29.0 Å². The number of esters is 1. The predicted molar refractivity (Wildman–Crippen MR) is 85.7 cm³/mol. The van der Waals surface area contributed by atoms with Crippen LogP contribution < -0.4 is 14.8 Å². The van der Waals surface area contributed by atoms with E-state index in [0.29, 0.717) is 5.69 Å². The van der Waals surface area contributed by atoms with E-state index < -0.39 is 17.8 Å². The zero-order valence-corrected chi connectivity index (χ0v) is 13.0. The van der Waals surface area contributed by atoms with Gasteiger partial charge in [0.2, 0.25) is 0 Å². The van der Waals surface area contributed by atoms with Crippen LogP contribution in [0.4, 0.5) is 5.69 Å². The molecule has 0 aliphatic heterocycles. The highest BCUT2D eigenvalue weighted by atomic mass is 16.6. The molecular weight excluding hydrogens is 314 g/mol. The van der Waals surface area contributed by atoms with E-state index in [4.69, 9.17) is 14.6 Å². The SMILES string of the molecule is COc1cc(C(=O)Nc2cccc(C(=O)O)c2)ccc1OC(C)=O. The maximum Gasteiger partial charge on any atom is 0.335 e. The maximum absolute atomic E-state index is 12.3. The number of hydrogen-bond donors (Lipinski definition) is 2. The Morgan fingerprint density at radius 2 is 1.75 bits per heavy atom. The number of hydrogen-bond acceptors (Lipinski definition) is 5. The number of carboxylic acids is 1. The summed E-state index contributed by atoms with van der Waals surface area (Å²) in [6.07, 6.45) is 0. The Bertz CT molecular complexity index is 799. The minimum absolute atomic E-state index is 0.0654. The third-order valence-electron chi connectivity index (χ3n) is 3.05. The van der Waals surface area contributed by atoms with Gasteiger partial charge in [-0.1, -0.05) is 6.07 Å². The van der Waals surface area contributed by atoms with Crippen molar-refractivity contribution in [3.63, 3.8) is 0 Å². The lowest BCUT2D eigenvalue weighted by Crippen LogP contribution is -2.13. The Labute approximate surface area is 137 Å². The van der Waals surface area contributed by atoms with Gasteiger partial charge in [-0.05, 0) is 36.4 Å². The molecule has 0 heterocycles. The van der Waals surface area contributed by atoms with Gasteiger partial charge < -0.3 is 19.9 Å². The molecule has 0 aliphatic carbocycles. The van der Waals surface area contributed by atoms with Crippen molar-refractivity contribution in [2.45, 2.75) is 6.92 Å². The van der Waals surface area contributed by atoms with Gasteiger partial charge in [0.1, 0.15) is 0 Å². The summed E-state index contributed by atoms with van der Waals surface area (Å²) in [5.41, 5.74) is 0.682. The van der Waals surface area contributed by atoms with Crippen molar-refractivity contribution in [3.8, 4) is 11.5 Å². The highest BCUT2D eigenvalue weighted by Gasteiger charge is 2.13. The van der Waals surface area contributed by atoms with E-state index in [1.54, 1.807) is 6.07 Å². The minimum atomic E-state index is -1.08. The van der Waals surface area contributed by atoms with Gasteiger partial charge in [0, 0.05) is 18.2 Å². The lowest BCUT2D eigenvalue weighted by atomic mass is 10.1. The number of methoxy groups -OCH3 is 1. The van der Waals surface area contributed by atoms with Crippen LogP contribution in [0.3, 0.4) is 0 Å². The molecule has 0 bridgehead atoms. The first-order chi connectivity index (χ1) is 11.4. The van der Waals surface area contributed by atoms with Crippen molar-refractivity contribution in [1.82, 2.24) is 0 Å². The molecule has 0 saturated carbocycles. The van der Waals surface area contributed by atoms with Gasteiger partial charge in [0.15, 0.2) is 11.5 Å². The van der Waals surface area contributed by atoms with Crippen molar-refractivity contribution in [2.75, 3.05) is 12.4 Å². The van der Waals surface area contributed by atoms with Crippen molar-refractivity contribution in [2.24, 2.45) is 0 Å². The third-order valence-corrected chi connectivity index (χ3v) is 3.05. The summed E-state index contributed by atoms with van der Waals surface area (Å²) < 4.78 is 10.1. The molecule has 2 N–H and O–H groups in total. The van der Waals surface area contributed by atoms with Gasteiger partial charge in [-0.15, -0.1) is 0 Å². The maximum atomic E-state index is 12.3. The van der Waals surface area contributed by atoms with Crippen molar-refractivity contribution in [1.29, 1.82) is 0 Å². The molecule has 0 unspecified atom stereocenters. The van der Waals surface area contributed by atoms with Gasteiger partial charge in [-0.2, -0.15) is 0 Å². The molecule has 24 heavy (non-hydrogen) atoms. The lowest BCUT2D eigenvalue weighted by molar-refractivity contribution is -0.132. The Morgan fingerprint density at radius 1 is 1.00 bits per heavy atom. The number of rotatable bonds is 5. The fraction of sp³-hybridized carbons (Fsp3) is 0.118. The van der Waals surface area contributed by atoms with Crippen LogP contribution >= 0.6 is 0 Å². The normalized spacial score (nSPS) is 9.92. The van der Waals surface area contributed by atoms with Crippen molar-refractivity contribution >= 4 is 23.5 Å². The molecule has 0 fully saturated rings. The van der Waals surface area contributed by atoms with Crippen LogP contribution in [0.25, 0.3) is 0 Å². The highest BCUT2D eigenvalue weighted by molar-refractivity contribution is 6.05. The number of nitrogens with one attached hydrogen (secondary N) is 1.